The van der Waals surface area contributed by atoms with Gasteiger partial charge in [0.2, 0.25) is 5.56 Å². The number of alkyl carbamates (subject to hydrolysis) is 1. The molecule has 2 unspecified atom stereocenters. The van der Waals surface area contributed by atoms with E-state index in [1.165, 1.54) is 17.0 Å². The van der Waals surface area contributed by atoms with Crippen molar-refractivity contribution in [2.24, 2.45) is 5.92 Å². The molecule has 2 amide bonds. The average molecular weight is 880 g/mol. The summed E-state index contributed by atoms with van der Waals surface area (Å²) in [5, 5.41) is 27.9. The molecule has 336 valence electrons. The number of likely N-dealkylation sites (N-methyl/N-ethyl adjacent to an activating group) is 1. The van der Waals surface area contributed by atoms with Crippen LogP contribution in [0.2, 0.25) is 0 Å². The van der Waals surface area contributed by atoms with Crippen molar-refractivity contribution in [1.82, 2.24) is 25.4 Å². The summed E-state index contributed by atoms with van der Waals surface area (Å²) in [5.41, 5.74) is 4.73. The van der Waals surface area contributed by atoms with Crippen molar-refractivity contribution in [2.75, 3.05) is 46.4 Å². The molecule has 0 aliphatic carbocycles. The van der Waals surface area contributed by atoms with Gasteiger partial charge >= 0.3 is 12.1 Å². The smallest absolute Gasteiger partial charge is 0.408 e. The van der Waals surface area contributed by atoms with Crippen LogP contribution in [-0.4, -0.2) is 95.4 Å². The van der Waals surface area contributed by atoms with Crippen LogP contribution in [0.5, 0.6) is 11.5 Å². The number of hydrogen-bond donors (Lipinski definition) is 5. The molecule has 14 nitrogen and oxygen atoms in total. The molecule has 6 aromatic rings. The van der Waals surface area contributed by atoms with Crippen LogP contribution >= 0.6 is 0 Å². The monoisotopic (exact) mass is 879 g/mol. The van der Waals surface area contributed by atoms with Crippen molar-refractivity contribution < 1.29 is 38.8 Å². The minimum absolute atomic E-state index is 0.00248. The second kappa shape index (κ2) is 20.7. The molecule has 5 N–H and O–H groups in total. The number of ether oxygens (including phenoxy) is 3. The Balaban J connectivity index is 0.785. The quantitative estimate of drug-likeness (QED) is 0.0633. The molecule has 0 saturated carbocycles. The number of esters is 1. The number of nitrogens with zero attached hydrogens (tertiary/aromatic N) is 2. The Morgan fingerprint density at radius 2 is 1.62 bits per heavy atom. The Morgan fingerprint density at radius 3 is 2.38 bits per heavy atom. The summed E-state index contributed by atoms with van der Waals surface area (Å²) in [6.45, 7) is 3.89. The minimum Gasteiger partial charge on any atom is -0.506 e. The number of piperidine rings is 3. The van der Waals surface area contributed by atoms with E-state index in [1.54, 1.807) is 61.6 Å². The van der Waals surface area contributed by atoms with Gasteiger partial charge in [-0.25, -0.2) is 9.59 Å². The van der Waals surface area contributed by atoms with E-state index in [1.807, 2.05) is 60.7 Å². The first-order chi connectivity index (χ1) is 31.6. The van der Waals surface area contributed by atoms with Gasteiger partial charge in [0.15, 0.2) is 0 Å². The number of carbonyl (C=O) groups excluding carboxylic acids is 3. The molecule has 65 heavy (non-hydrogen) atoms. The first kappa shape index (κ1) is 44.6. The molecule has 14 heteroatoms. The Kier molecular flexibility index (Phi) is 14.2. The van der Waals surface area contributed by atoms with E-state index in [0.29, 0.717) is 40.3 Å². The van der Waals surface area contributed by atoms with Gasteiger partial charge in [0, 0.05) is 43.7 Å². The van der Waals surface area contributed by atoms with Gasteiger partial charge in [0.25, 0.3) is 5.91 Å². The maximum Gasteiger partial charge on any atom is 0.408 e. The van der Waals surface area contributed by atoms with Crippen LogP contribution in [0.4, 0.5) is 4.79 Å². The summed E-state index contributed by atoms with van der Waals surface area (Å²) in [7, 11) is 1.64. The van der Waals surface area contributed by atoms with Crippen LogP contribution in [-0.2, 0) is 22.6 Å². The summed E-state index contributed by atoms with van der Waals surface area (Å²) < 4.78 is 17.7. The number of carbonyl (C=O) groups is 3. The van der Waals surface area contributed by atoms with Crippen LogP contribution in [0.25, 0.3) is 10.9 Å². The number of aromatic nitrogens is 1. The number of fused-ring (bicyclic) bond motifs is 4. The van der Waals surface area contributed by atoms with E-state index in [-0.39, 0.29) is 55.1 Å². The van der Waals surface area contributed by atoms with Crippen molar-refractivity contribution in [3.8, 4) is 11.5 Å². The normalized spacial score (nSPS) is 17.5. The molecule has 3 aliphatic heterocycles. The highest BCUT2D eigenvalue weighted by Gasteiger charge is 2.37. The molecular weight excluding hydrogens is 827 g/mol. The predicted octanol–water partition coefficient (Wildman–Crippen LogP) is 6.47. The van der Waals surface area contributed by atoms with Gasteiger partial charge in [-0.1, -0.05) is 72.8 Å². The van der Waals surface area contributed by atoms with E-state index < -0.39 is 24.2 Å². The molecule has 1 aromatic heterocycles. The Bertz CT molecular complexity index is 2670. The average Bonchev–Trinajstić information content (AvgIpc) is 3.33. The van der Waals surface area contributed by atoms with Crippen LogP contribution in [0.1, 0.15) is 73.5 Å². The van der Waals surface area contributed by atoms with E-state index in [2.05, 4.69) is 20.5 Å². The topological polar surface area (TPSA) is 183 Å². The zero-order valence-corrected chi connectivity index (χ0v) is 36.2. The first-order valence-electron chi connectivity index (χ1n) is 21.9. The van der Waals surface area contributed by atoms with E-state index >= 15 is 0 Å². The summed E-state index contributed by atoms with van der Waals surface area (Å²) in [6, 6.07) is 37.0. The zero-order valence-electron chi connectivity index (χ0n) is 36.2. The van der Waals surface area contributed by atoms with Crippen molar-refractivity contribution >= 4 is 28.9 Å². The summed E-state index contributed by atoms with van der Waals surface area (Å²) >= 11 is 0. The van der Waals surface area contributed by atoms with Gasteiger partial charge in [-0.05, 0) is 108 Å². The van der Waals surface area contributed by atoms with E-state index in [0.717, 1.165) is 54.7 Å². The van der Waals surface area contributed by atoms with Gasteiger partial charge in [-0.3, -0.25) is 14.5 Å². The summed E-state index contributed by atoms with van der Waals surface area (Å²) in [6.07, 6.45) is 0.646. The molecule has 9 rings (SSSR count). The maximum absolute atomic E-state index is 13.3. The van der Waals surface area contributed by atoms with Gasteiger partial charge in [0.05, 0.1) is 29.8 Å². The largest absolute Gasteiger partial charge is 0.506 e. The number of phenolic OH excluding ortho intramolecular Hbond substituents is 1. The first-order valence-corrected chi connectivity index (χ1v) is 21.9. The lowest BCUT2D eigenvalue weighted by atomic mass is 9.86. The second-order valence-electron chi connectivity index (χ2n) is 16.6. The number of pyridine rings is 1. The highest BCUT2D eigenvalue weighted by Crippen LogP contribution is 2.32. The summed E-state index contributed by atoms with van der Waals surface area (Å²) in [4.78, 5) is 57.7. The molecule has 3 saturated heterocycles. The minimum atomic E-state index is -0.924. The molecule has 2 bridgehead atoms. The lowest BCUT2D eigenvalue weighted by Gasteiger charge is -2.43. The fourth-order valence-corrected chi connectivity index (χ4v) is 8.53. The molecular formula is C51H53N5O9. The third kappa shape index (κ3) is 11.2. The lowest BCUT2D eigenvalue weighted by molar-refractivity contribution is -0.0336. The number of phenols is 1. The summed E-state index contributed by atoms with van der Waals surface area (Å²) in [5.74, 6) is 0.196. The number of benzene rings is 5. The zero-order chi connectivity index (χ0) is 45.3. The van der Waals surface area contributed by atoms with Crippen molar-refractivity contribution in [3.05, 3.63) is 177 Å². The van der Waals surface area contributed by atoms with Gasteiger partial charge < -0.3 is 44.9 Å². The van der Waals surface area contributed by atoms with Gasteiger partial charge in [-0.15, -0.1) is 0 Å². The van der Waals surface area contributed by atoms with Crippen molar-refractivity contribution in [1.29, 1.82) is 0 Å². The Morgan fingerprint density at radius 1 is 0.846 bits per heavy atom. The second-order valence-corrected chi connectivity index (χ2v) is 16.6. The lowest BCUT2D eigenvalue weighted by Crippen LogP contribution is -2.52. The van der Waals surface area contributed by atoms with Gasteiger partial charge in [-0.2, -0.15) is 0 Å². The number of rotatable bonds is 17. The molecule has 3 aliphatic rings. The number of H-pyrrole nitrogens is 1. The molecule has 0 radical (unpaired) electrons. The highest BCUT2D eigenvalue weighted by atomic mass is 16.6. The van der Waals surface area contributed by atoms with Crippen molar-refractivity contribution in [3.63, 3.8) is 0 Å². The number of hydrogen-bond acceptors (Lipinski definition) is 11. The SMILES string of the molecule is CN(CCOC(=O)c1ccc(COc2cccc(C(NC(=O)O[C@H]3CN4CCC3CC4)c3ccccc3)c2)cc1)C(=O)c1cccc(CNCC(O)c2ccc(O)c3[nH]c(=O)ccc23)c1. The van der Waals surface area contributed by atoms with Crippen LogP contribution in [0, 0.1) is 5.92 Å². The van der Waals surface area contributed by atoms with Crippen LogP contribution in [0.15, 0.2) is 132 Å². The predicted molar refractivity (Wildman–Crippen MR) is 245 cm³/mol. The molecule has 0 spiro atoms. The third-order valence-electron chi connectivity index (χ3n) is 12.1. The number of amides is 2. The number of aliphatic hydroxyl groups excluding tert-OH is 1. The fraction of sp³-hybridized carbons (Fsp3) is 0.294. The molecule has 5 aromatic carbocycles. The number of aliphatic hydroxyl groups is 1. The highest BCUT2D eigenvalue weighted by molar-refractivity contribution is 5.94. The van der Waals surface area contributed by atoms with Gasteiger partial charge in [0.1, 0.15) is 30.8 Å². The van der Waals surface area contributed by atoms with Crippen LogP contribution < -0.4 is 20.9 Å². The fourth-order valence-electron chi connectivity index (χ4n) is 8.53. The van der Waals surface area contributed by atoms with Crippen LogP contribution in [0.3, 0.4) is 0 Å². The number of nitrogens with one attached hydrogen (secondary N) is 3. The third-order valence-corrected chi connectivity index (χ3v) is 12.1. The maximum atomic E-state index is 13.3. The van der Waals surface area contributed by atoms with E-state index in [4.69, 9.17) is 14.2 Å². The Labute approximate surface area is 376 Å². The molecule has 4 heterocycles. The molecule has 3 atom stereocenters. The molecule has 3 fully saturated rings. The number of aromatic amines is 1. The van der Waals surface area contributed by atoms with E-state index in [9.17, 15) is 29.4 Å². The van der Waals surface area contributed by atoms with Crippen molar-refractivity contribution in [2.45, 2.75) is 44.2 Å². The standard InChI is InChI=1S/C51H53N5O9/c1-55(49(60)39-11-5-7-34(27-39)29-52-30-44(58)41-17-19-43(57)48-42(41)18-20-46(59)53-48)25-26-63-50(61)37-15-13-33(14-16-37)32-64-40-12-6-10-38(28-40)47(36-8-3-2-4-9-36)54-51(62)65-45-31-56-23-21-35(45)22-24-56/h2-20,27-28,35,44-45,47,52,57-58H,21-26,29-32H2,1H3,(H,53,59)(H,54,62)/t44?,45-,47?/m0/s1. The Hall–Kier alpha value is -7.00. The number of aromatic hydroxyl groups is 1.